The Morgan fingerprint density at radius 1 is 1.14 bits per heavy atom. The average Bonchev–Trinajstić information content (AvgIpc) is 3.14. The predicted octanol–water partition coefficient (Wildman–Crippen LogP) is 3.31. The third-order valence-corrected chi connectivity index (χ3v) is 7.99. The summed E-state index contributed by atoms with van der Waals surface area (Å²) in [6.07, 6.45) is 6.04. The minimum Gasteiger partial charge on any atom is -0.356 e. The van der Waals surface area contributed by atoms with Gasteiger partial charge in [-0.05, 0) is 56.7 Å². The summed E-state index contributed by atoms with van der Waals surface area (Å²) in [5.41, 5.74) is 1.88. The Bertz CT molecular complexity index is 902. The van der Waals surface area contributed by atoms with Crippen LogP contribution >= 0.6 is 11.3 Å². The van der Waals surface area contributed by atoms with Crippen molar-refractivity contribution < 1.29 is 13.2 Å². The van der Waals surface area contributed by atoms with Crippen molar-refractivity contribution in [3.8, 4) is 0 Å². The molecular formula is C21H29N3O3S2. The van der Waals surface area contributed by atoms with Gasteiger partial charge in [0, 0.05) is 30.7 Å². The van der Waals surface area contributed by atoms with Crippen molar-refractivity contribution in [2.75, 3.05) is 19.6 Å². The van der Waals surface area contributed by atoms with E-state index in [-0.39, 0.29) is 12.3 Å². The minimum absolute atomic E-state index is 0.0401. The third-order valence-electron chi connectivity index (χ3n) is 5.05. The first-order chi connectivity index (χ1) is 13.9. The zero-order valence-corrected chi connectivity index (χ0v) is 18.5. The van der Waals surface area contributed by atoms with Gasteiger partial charge in [0.15, 0.2) is 0 Å². The van der Waals surface area contributed by atoms with E-state index in [4.69, 9.17) is 0 Å². The number of nitrogens with zero attached hydrogens (tertiary/aromatic N) is 2. The molecule has 0 saturated carbocycles. The second-order valence-corrected chi connectivity index (χ2v) is 10.4. The summed E-state index contributed by atoms with van der Waals surface area (Å²) >= 11 is 1.68. The summed E-state index contributed by atoms with van der Waals surface area (Å²) in [6, 6.07) is 6.70. The largest absolute Gasteiger partial charge is 0.356 e. The summed E-state index contributed by atoms with van der Waals surface area (Å²) < 4.78 is 26.9. The van der Waals surface area contributed by atoms with Gasteiger partial charge in [-0.15, -0.1) is 11.3 Å². The fraction of sp³-hybridized carbons (Fsp3) is 0.524. The molecule has 0 aliphatic carbocycles. The molecule has 1 amide bonds. The van der Waals surface area contributed by atoms with Gasteiger partial charge < -0.3 is 5.32 Å². The van der Waals surface area contributed by atoms with Crippen LogP contribution in [0.5, 0.6) is 0 Å². The molecule has 2 heterocycles. The van der Waals surface area contributed by atoms with Gasteiger partial charge in [0.25, 0.3) is 0 Å². The van der Waals surface area contributed by atoms with Crippen molar-refractivity contribution in [3.63, 3.8) is 0 Å². The number of sulfonamides is 1. The number of hydrogen-bond donors (Lipinski definition) is 1. The molecule has 1 aromatic heterocycles. The Kier molecular flexibility index (Phi) is 7.80. The van der Waals surface area contributed by atoms with E-state index in [0.717, 1.165) is 54.8 Å². The summed E-state index contributed by atoms with van der Waals surface area (Å²) in [5, 5.41) is 6.14. The van der Waals surface area contributed by atoms with Gasteiger partial charge in [-0.3, -0.25) is 4.79 Å². The molecule has 158 valence electrons. The molecular weight excluding hydrogens is 406 g/mol. The molecule has 3 rings (SSSR count). The van der Waals surface area contributed by atoms with Crippen LogP contribution in [-0.4, -0.2) is 43.2 Å². The number of nitrogens with one attached hydrogen (secondary N) is 1. The van der Waals surface area contributed by atoms with Gasteiger partial charge in [-0.2, -0.15) is 4.31 Å². The second-order valence-electron chi connectivity index (χ2n) is 7.48. The first kappa shape index (κ1) is 21.9. The quantitative estimate of drug-likeness (QED) is 0.613. The van der Waals surface area contributed by atoms with Crippen LogP contribution in [0.15, 0.2) is 34.5 Å². The van der Waals surface area contributed by atoms with Crippen LogP contribution in [0.2, 0.25) is 0 Å². The van der Waals surface area contributed by atoms with Crippen molar-refractivity contribution in [1.29, 1.82) is 0 Å². The smallest absolute Gasteiger partial charge is 0.243 e. The molecule has 0 unspecified atom stereocenters. The highest BCUT2D eigenvalue weighted by atomic mass is 32.2. The van der Waals surface area contributed by atoms with Crippen LogP contribution < -0.4 is 5.32 Å². The van der Waals surface area contributed by atoms with Crippen molar-refractivity contribution in [3.05, 3.63) is 45.9 Å². The number of aryl methyl sites for hydroxylation is 2. The number of carbonyl (C=O) groups is 1. The van der Waals surface area contributed by atoms with Crippen LogP contribution in [0, 0.1) is 6.92 Å². The van der Waals surface area contributed by atoms with Gasteiger partial charge in [-0.25, -0.2) is 13.4 Å². The molecule has 8 heteroatoms. The number of thiazole rings is 1. The highest BCUT2D eigenvalue weighted by Gasteiger charge is 2.25. The molecule has 2 aromatic rings. The highest BCUT2D eigenvalue weighted by molar-refractivity contribution is 7.89. The molecule has 0 atom stereocenters. The SMILES string of the molecule is Cc1csc(CCCCNC(=O)Cc2ccc(S(=O)(=O)N3CCCCC3)cc2)n1. The lowest BCUT2D eigenvalue weighted by atomic mass is 10.1. The summed E-state index contributed by atoms with van der Waals surface area (Å²) in [5.74, 6) is -0.0401. The van der Waals surface area contributed by atoms with Gasteiger partial charge in [0.05, 0.1) is 16.3 Å². The number of rotatable bonds is 9. The van der Waals surface area contributed by atoms with Gasteiger partial charge in [-0.1, -0.05) is 18.6 Å². The predicted molar refractivity (Wildman–Crippen MR) is 116 cm³/mol. The Morgan fingerprint density at radius 3 is 2.52 bits per heavy atom. The van der Waals surface area contributed by atoms with Crippen LogP contribution in [0.1, 0.15) is 48.4 Å². The summed E-state index contributed by atoms with van der Waals surface area (Å²) in [6.45, 7) is 3.82. The monoisotopic (exact) mass is 435 g/mol. The summed E-state index contributed by atoms with van der Waals surface area (Å²) in [7, 11) is -3.42. The normalized spacial score (nSPS) is 15.3. The molecule has 1 saturated heterocycles. The van der Waals surface area contributed by atoms with Crippen molar-refractivity contribution in [2.24, 2.45) is 0 Å². The van der Waals surface area contributed by atoms with Gasteiger partial charge in [0.2, 0.25) is 15.9 Å². The Morgan fingerprint density at radius 2 is 1.86 bits per heavy atom. The molecule has 1 aromatic carbocycles. The van der Waals surface area contributed by atoms with E-state index in [0.29, 0.717) is 24.5 Å². The fourth-order valence-corrected chi connectivity index (χ4v) is 5.76. The standard InChI is InChI=1S/C21H29N3O3S2/c1-17-16-28-21(23-17)7-3-4-12-22-20(25)15-18-8-10-19(11-9-18)29(26,27)24-13-5-2-6-14-24/h8-11,16H,2-7,12-15H2,1H3,(H,22,25). The van der Waals surface area contributed by atoms with E-state index in [2.05, 4.69) is 15.7 Å². The second kappa shape index (κ2) is 10.3. The third kappa shape index (κ3) is 6.35. The summed E-state index contributed by atoms with van der Waals surface area (Å²) in [4.78, 5) is 16.9. The molecule has 1 fully saturated rings. The minimum atomic E-state index is -3.42. The lowest BCUT2D eigenvalue weighted by Gasteiger charge is -2.25. The van der Waals surface area contributed by atoms with Crippen molar-refractivity contribution in [1.82, 2.24) is 14.6 Å². The maximum atomic E-state index is 12.7. The first-order valence-electron chi connectivity index (χ1n) is 10.2. The zero-order valence-electron chi connectivity index (χ0n) is 16.9. The number of carbonyl (C=O) groups excluding carboxylic acids is 1. The number of amides is 1. The number of hydrogen-bond acceptors (Lipinski definition) is 5. The lowest BCUT2D eigenvalue weighted by Crippen LogP contribution is -2.35. The number of aromatic nitrogens is 1. The molecule has 0 bridgehead atoms. The first-order valence-corrected chi connectivity index (χ1v) is 12.5. The van der Waals surface area contributed by atoms with Crippen LogP contribution in [-0.2, 0) is 27.7 Å². The Hall–Kier alpha value is -1.77. The van der Waals surface area contributed by atoms with Gasteiger partial charge >= 0.3 is 0 Å². The maximum Gasteiger partial charge on any atom is 0.243 e. The zero-order chi connectivity index (χ0) is 20.7. The molecule has 0 spiro atoms. The van der Waals surface area contributed by atoms with E-state index in [1.807, 2.05) is 6.92 Å². The van der Waals surface area contributed by atoms with Crippen molar-refractivity contribution in [2.45, 2.75) is 56.8 Å². The van der Waals surface area contributed by atoms with Crippen molar-refractivity contribution >= 4 is 27.3 Å². The van der Waals surface area contributed by atoms with E-state index in [9.17, 15) is 13.2 Å². The molecule has 1 aliphatic rings. The molecule has 1 aliphatic heterocycles. The molecule has 29 heavy (non-hydrogen) atoms. The maximum absolute atomic E-state index is 12.7. The Balaban J connectivity index is 1.41. The average molecular weight is 436 g/mol. The topological polar surface area (TPSA) is 79.4 Å². The van der Waals surface area contributed by atoms with Crippen LogP contribution in [0.4, 0.5) is 0 Å². The van der Waals surface area contributed by atoms with E-state index < -0.39 is 10.0 Å². The van der Waals surface area contributed by atoms with Crippen LogP contribution in [0.25, 0.3) is 0 Å². The fourth-order valence-electron chi connectivity index (χ4n) is 3.43. The highest BCUT2D eigenvalue weighted by Crippen LogP contribution is 2.21. The van der Waals surface area contributed by atoms with Crippen LogP contribution in [0.3, 0.4) is 0 Å². The number of piperidine rings is 1. The molecule has 0 radical (unpaired) electrons. The van der Waals surface area contributed by atoms with E-state index in [1.165, 1.54) is 0 Å². The van der Waals surface area contributed by atoms with E-state index in [1.54, 1.807) is 39.9 Å². The lowest BCUT2D eigenvalue weighted by molar-refractivity contribution is -0.120. The van der Waals surface area contributed by atoms with Gasteiger partial charge in [0.1, 0.15) is 0 Å². The number of unbranched alkanes of at least 4 members (excludes halogenated alkanes) is 1. The van der Waals surface area contributed by atoms with E-state index >= 15 is 0 Å². The number of benzene rings is 1. The Labute approximate surface area is 177 Å². The molecule has 1 N–H and O–H groups in total. The molecule has 6 nitrogen and oxygen atoms in total.